The summed E-state index contributed by atoms with van der Waals surface area (Å²) in [5.41, 5.74) is 0.711. The second-order valence-electron chi connectivity index (χ2n) is 16.0. The number of nitrogens with zero attached hydrogens (tertiary/aromatic N) is 4. The van der Waals surface area contributed by atoms with Crippen LogP contribution in [0.2, 0.25) is 0 Å². The lowest BCUT2D eigenvalue weighted by Gasteiger charge is -2.39. The third kappa shape index (κ3) is 13.0. The summed E-state index contributed by atoms with van der Waals surface area (Å²) in [6.45, 7) is 13.3. The van der Waals surface area contributed by atoms with E-state index in [1.807, 2.05) is 97.4 Å². The SMILES string of the molecule is CCN(CC)P(=S)(OCCC#N)OCCCOP(OC1CC(n2cc(C)c(=O)[nH]c2=O)OC1COC(c1ccccc1)(c1ccc(OC)cc1)c1ccc(OC)cc1)N(C(C)C)C(C)C. The van der Waals surface area contributed by atoms with Crippen LogP contribution in [0.15, 0.2) is 94.6 Å². The number of aromatic amines is 1. The fourth-order valence-corrected chi connectivity index (χ4v) is 12.5. The van der Waals surface area contributed by atoms with Gasteiger partial charge in [0.05, 0.1) is 59.2 Å². The average molecular weight is 954 g/mol. The molecule has 0 radical (unpaired) electrons. The Balaban J connectivity index is 1.51. The highest BCUT2D eigenvalue weighted by atomic mass is 32.5. The molecule has 1 aliphatic rings. The molecule has 4 aromatic rings. The number of hydrogen-bond donors (Lipinski definition) is 1. The zero-order valence-corrected chi connectivity index (χ0v) is 41.6. The molecule has 1 fully saturated rings. The van der Waals surface area contributed by atoms with Gasteiger partial charge in [-0.2, -0.15) is 5.26 Å². The molecule has 1 aromatic heterocycles. The van der Waals surface area contributed by atoms with Crippen LogP contribution in [0.5, 0.6) is 11.5 Å². The van der Waals surface area contributed by atoms with E-state index in [2.05, 4.69) is 43.4 Å². The number of nitrogens with one attached hydrogen (secondary N) is 1. The highest BCUT2D eigenvalue weighted by Gasteiger charge is 2.45. The van der Waals surface area contributed by atoms with E-state index >= 15 is 0 Å². The van der Waals surface area contributed by atoms with Gasteiger partial charge in [0, 0.05) is 43.4 Å². The molecule has 1 aliphatic heterocycles. The van der Waals surface area contributed by atoms with Crippen LogP contribution in [0.25, 0.3) is 0 Å². The Bertz CT molecular complexity index is 2230. The largest absolute Gasteiger partial charge is 0.497 e. The van der Waals surface area contributed by atoms with E-state index in [-0.39, 0.29) is 51.4 Å². The van der Waals surface area contributed by atoms with Gasteiger partial charge in [0.1, 0.15) is 29.4 Å². The van der Waals surface area contributed by atoms with Crippen molar-refractivity contribution in [2.24, 2.45) is 0 Å². The standard InChI is InChI=1S/C47H65N5O10P2S/c1-10-50(11-2)64(65,59-29-15-27-48)60-30-16-28-58-63(52(34(3)4)35(5)6)62-42-31-44(51-32-36(7)45(53)49-46(51)54)61-43(42)33-57-47(37-17-13-12-14-18-37,38-19-23-40(55-8)24-20-38)39-21-25-41(56-9)26-22-39/h12-14,17-26,32,34-35,42-44H,10-11,15-16,28-31,33H2,1-9H3,(H,49,53,54). The van der Waals surface area contributed by atoms with Gasteiger partial charge in [-0.1, -0.05) is 68.4 Å². The first-order valence-electron chi connectivity index (χ1n) is 22.1. The lowest BCUT2D eigenvalue weighted by atomic mass is 9.80. The summed E-state index contributed by atoms with van der Waals surface area (Å²) in [6, 6.07) is 27.7. The summed E-state index contributed by atoms with van der Waals surface area (Å²) in [5.74, 6) is 1.39. The molecular weight excluding hydrogens is 889 g/mol. The third-order valence-corrected chi connectivity index (χ3v) is 16.8. The van der Waals surface area contributed by atoms with Crippen LogP contribution in [0.1, 0.15) is 89.3 Å². The molecule has 2 heterocycles. The second-order valence-corrected chi connectivity index (χ2v) is 20.8. The van der Waals surface area contributed by atoms with E-state index in [1.165, 1.54) is 10.8 Å². The maximum absolute atomic E-state index is 13.4. The molecule has 3 aromatic carbocycles. The van der Waals surface area contributed by atoms with Crippen molar-refractivity contribution in [3.8, 4) is 17.6 Å². The smallest absolute Gasteiger partial charge is 0.330 e. The second kappa shape index (κ2) is 24.8. The summed E-state index contributed by atoms with van der Waals surface area (Å²) >= 11 is 5.93. The van der Waals surface area contributed by atoms with Crippen LogP contribution < -0.4 is 20.7 Å². The van der Waals surface area contributed by atoms with Gasteiger partial charge in [-0.05, 0) is 93.8 Å². The number of aryl methyl sites for hydroxylation is 1. The van der Waals surface area contributed by atoms with E-state index < -0.39 is 50.5 Å². The highest BCUT2D eigenvalue weighted by molar-refractivity contribution is 8.08. The van der Waals surface area contributed by atoms with E-state index in [0.29, 0.717) is 36.6 Å². The Morgan fingerprint density at radius 1 is 0.892 bits per heavy atom. The molecule has 0 aliphatic carbocycles. The molecule has 0 saturated carbocycles. The molecule has 0 amide bonds. The Kier molecular flexibility index (Phi) is 19.9. The molecule has 18 heteroatoms. The summed E-state index contributed by atoms with van der Waals surface area (Å²) in [4.78, 5) is 28.3. The van der Waals surface area contributed by atoms with Gasteiger partial charge in [0.25, 0.3) is 20.7 Å². The number of hydrogen-bond acceptors (Lipinski definition) is 13. The van der Waals surface area contributed by atoms with Crippen LogP contribution in [0, 0.1) is 18.3 Å². The first-order valence-corrected chi connectivity index (χ1v) is 25.8. The summed E-state index contributed by atoms with van der Waals surface area (Å²) in [5, 5.41) is 9.11. The number of H-pyrrole nitrogens is 1. The van der Waals surface area contributed by atoms with Gasteiger partial charge in [0.2, 0.25) is 0 Å². The van der Waals surface area contributed by atoms with Crippen molar-refractivity contribution in [1.82, 2.24) is 18.9 Å². The third-order valence-electron chi connectivity index (χ3n) is 11.0. The Labute approximate surface area is 390 Å². The highest BCUT2D eigenvalue weighted by Crippen LogP contribution is 2.53. The van der Waals surface area contributed by atoms with Gasteiger partial charge in [-0.25, -0.2) is 14.1 Å². The van der Waals surface area contributed by atoms with Crippen LogP contribution in [0.4, 0.5) is 0 Å². The average Bonchev–Trinajstić information content (AvgIpc) is 3.70. The fraction of sp³-hybridized carbons (Fsp3) is 0.511. The van der Waals surface area contributed by atoms with Crippen LogP contribution in [-0.4, -0.2) is 96.9 Å². The fourth-order valence-electron chi connectivity index (χ4n) is 7.81. The van der Waals surface area contributed by atoms with Gasteiger partial charge >= 0.3 is 5.69 Å². The van der Waals surface area contributed by atoms with Crippen molar-refractivity contribution >= 4 is 27.0 Å². The van der Waals surface area contributed by atoms with E-state index in [0.717, 1.165) is 16.7 Å². The first-order chi connectivity index (χ1) is 31.2. The predicted octanol–water partition coefficient (Wildman–Crippen LogP) is 8.81. The van der Waals surface area contributed by atoms with E-state index in [1.54, 1.807) is 21.1 Å². The van der Waals surface area contributed by atoms with Crippen molar-refractivity contribution in [3.05, 3.63) is 128 Å². The normalized spacial score (nSPS) is 18.0. The van der Waals surface area contributed by atoms with E-state index in [4.69, 9.17) is 54.1 Å². The molecule has 0 bridgehead atoms. The summed E-state index contributed by atoms with van der Waals surface area (Å²) < 4.78 is 57.0. The van der Waals surface area contributed by atoms with Crippen molar-refractivity contribution in [2.45, 2.75) is 104 Å². The molecular formula is C47H65N5O10P2S. The van der Waals surface area contributed by atoms with Gasteiger partial charge in [-0.3, -0.25) is 14.3 Å². The Hall–Kier alpha value is -3.81. The number of benzene rings is 3. The number of ether oxygens (including phenoxy) is 4. The van der Waals surface area contributed by atoms with E-state index in [9.17, 15) is 9.59 Å². The first kappa shape index (κ1) is 52.2. The van der Waals surface area contributed by atoms with Crippen LogP contribution >= 0.6 is 15.2 Å². The molecule has 354 valence electrons. The van der Waals surface area contributed by atoms with Gasteiger partial charge in [0.15, 0.2) is 0 Å². The minimum Gasteiger partial charge on any atom is -0.497 e. The minimum atomic E-state index is -2.82. The predicted molar refractivity (Wildman–Crippen MR) is 257 cm³/mol. The monoisotopic (exact) mass is 953 g/mol. The van der Waals surface area contributed by atoms with Crippen LogP contribution in [0.3, 0.4) is 0 Å². The van der Waals surface area contributed by atoms with Crippen LogP contribution in [-0.2, 0) is 45.0 Å². The minimum absolute atomic E-state index is 0.0212. The van der Waals surface area contributed by atoms with Gasteiger partial charge in [-0.15, -0.1) is 0 Å². The Morgan fingerprint density at radius 3 is 2.00 bits per heavy atom. The summed E-state index contributed by atoms with van der Waals surface area (Å²) in [7, 11) is 1.53. The van der Waals surface area contributed by atoms with Crippen molar-refractivity contribution in [3.63, 3.8) is 0 Å². The molecule has 5 rings (SSSR count). The lowest BCUT2D eigenvalue weighted by Crippen LogP contribution is -2.39. The molecule has 0 spiro atoms. The number of aromatic nitrogens is 2. The lowest BCUT2D eigenvalue weighted by molar-refractivity contribution is -0.0926. The molecule has 1 saturated heterocycles. The molecule has 1 N–H and O–H groups in total. The maximum atomic E-state index is 13.4. The number of rotatable bonds is 26. The van der Waals surface area contributed by atoms with Crippen molar-refractivity contribution < 1.29 is 37.0 Å². The topological polar surface area (TPSA) is 159 Å². The van der Waals surface area contributed by atoms with Gasteiger partial charge < -0.3 is 37.0 Å². The molecule has 5 atom stereocenters. The molecule has 65 heavy (non-hydrogen) atoms. The van der Waals surface area contributed by atoms with Crippen molar-refractivity contribution in [2.75, 3.05) is 53.7 Å². The molecule has 5 unspecified atom stereocenters. The number of nitriles is 1. The van der Waals surface area contributed by atoms with Crippen molar-refractivity contribution in [1.29, 1.82) is 5.26 Å². The molecule has 15 nitrogen and oxygen atoms in total. The summed E-state index contributed by atoms with van der Waals surface area (Å²) in [6.07, 6.45) is 0.341. The Morgan fingerprint density at radius 2 is 1.46 bits per heavy atom. The zero-order chi connectivity index (χ0) is 47.1. The maximum Gasteiger partial charge on any atom is 0.330 e. The number of methoxy groups -OCH3 is 2. The quantitative estimate of drug-likeness (QED) is 0.0362. The zero-order valence-electron chi connectivity index (χ0n) is 39.0.